The molecule has 3 aromatic carbocycles. The monoisotopic (exact) mass is 625 g/mol. The Morgan fingerprint density at radius 1 is 1.00 bits per heavy atom. The van der Waals surface area contributed by atoms with Gasteiger partial charge in [-0.3, -0.25) is 14.1 Å². The lowest BCUT2D eigenvalue weighted by Crippen LogP contribution is -2.44. The SMILES string of the molecule is O=C(c1ccccn1)N1CCCCC1CCOc1ccccc1CN(c1cc(F)ccc1F)S(=O)(=O)c1ccc(Cl)cc1. The Labute approximate surface area is 254 Å². The zero-order valence-corrected chi connectivity index (χ0v) is 24.8. The Morgan fingerprint density at radius 2 is 1.77 bits per heavy atom. The lowest BCUT2D eigenvalue weighted by Gasteiger charge is -2.35. The first-order chi connectivity index (χ1) is 20.7. The van der Waals surface area contributed by atoms with Crippen LogP contribution in [0.15, 0.2) is 96.0 Å². The maximum absolute atomic E-state index is 15.0. The van der Waals surface area contributed by atoms with Crippen LogP contribution in [0, 0.1) is 11.6 Å². The molecule has 0 aliphatic carbocycles. The van der Waals surface area contributed by atoms with E-state index in [4.69, 9.17) is 16.3 Å². The third-order valence-electron chi connectivity index (χ3n) is 7.35. The molecule has 1 atom stereocenters. The van der Waals surface area contributed by atoms with Crippen LogP contribution in [0.2, 0.25) is 5.02 Å². The van der Waals surface area contributed by atoms with Crippen LogP contribution >= 0.6 is 11.6 Å². The highest BCUT2D eigenvalue weighted by Gasteiger charge is 2.30. The lowest BCUT2D eigenvalue weighted by molar-refractivity contribution is 0.0574. The van der Waals surface area contributed by atoms with E-state index in [2.05, 4.69) is 4.98 Å². The van der Waals surface area contributed by atoms with Gasteiger partial charge in [0.25, 0.3) is 15.9 Å². The largest absolute Gasteiger partial charge is 0.493 e. The first-order valence-electron chi connectivity index (χ1n) is 13.9. The number of carbonyl (C=O) groups excluding carboxylic acids is 1. The minimum atomic E-state index is -4.34. The average molecular weight is 626 g/mol. The molecule has 1 amide bonds. The number of hydrogen-bond donors (Lipinski definition) is 0. The summed E-state index contributed by atoms with van der Waals surface area (Å²) in [6, 6.07) is 20.2. The number of anilines is 1. The Bertz CT molecular complexity index is 1670. The molecule has 0 bridgehead atoms. The average Bonchev–Trinajstić information content (AvgIpc) is 3.02. The third kappa shape index (κ3) is 7.14. The highest BCUT2D eigenvalue weighted by Crippen LogP contribution is 2.32. The van der Waals surface area contributed by atoms with E-state index in [-0.39, 0.29) is 30.0 Å². The summed E-state index contributed by atoms with van der Waals surface area (Å²) in [5.74, 6) is -1.40. The van der Waals surface area contributed by atoms with Crippen molar-refractivity contribution in [3.63, 3.8) is 0 Å². The number of benzene rings is 3. The van der Waals surface area contributed by atoms with E-state index in [9.17, 15) is 17.6 Å². The Morgan fingerprint density at radius 3 is 2.53 bits per heavy atom. The van der Waals surface area contributed by atoms with E-state index in [0.717, 1.165) is 41.8 Å². The predicted octanol–water partition coefficient (Wildman–Crippen LogP) is 6.87. The molecule has 7 nitrogen and oxygen atoms in total. The smallest absolute Gasteiger partial charge is 0.272 e. The van der Waals surface area contributed by atoms with E-state index in [1.807, 2.05) is 4.90 Å². The molecule has 1 saturated heterocycles. The van der Waals surface area contributed by atoms with Crippen LogP contribution in [0.4, 0.5) is 14.5 Å². The number of ether oxygens (including phenoxy) is 1. The molecular formula is C32H30ClF2N3O4S. The van der Waals surface area contributed by atoms with Gasteiger partial charge in [0.1, 0.15) is 23.1 Å². The number of carbonyl (C=O) groups is 1. The van der Waals surface area contributed by atoms with E-state index >= 15 is 4.39 Å². The van der Waals surface area contributed by atoms with Crippen molar-refractivity contribution in [3.05, 3.63) is 119 Å². The summed E-state index contributed by atoms with van der Waals surface area (Å²) in [6.07, 6.45) is 4.88. The second-order valence-corrected chi connectivity index (χ2v) is 12.5. The number of hydrogen-bond acceptors (Lipinski definition) is 5. The maximum Gasteiger partial charge on any atom is 0.272 e. The minimum absolute atomic E-state index is 0.0430. The van der Waals surface area contributed by atoms with Gasteiger partial charge in [-0.2, -0.15) is 0 Å². The molecule has 0 spiro atoms. The fourth-order valence-corrected chi connectivity index (χ4v) is 6.72. The van der Waals surface area contributed by atoms with E-state index in [1.54, 1.807) is 48.7 Å². The maximum atomic E-state index is 15.0. The number of halogens is 3. The zero-order chi connectivity index (χ0) is 30.4. The number of para-hydroxylation sites is 1. The fraction of sp³-hybridized carbons (Fsp3) is 0.250. The number of likely N-dealkylation sites (tertiary alicyclic amines) is 1. The summed E-state index contributed by atoms with van der Waals surface area (Å²) < 4.78 is 63.8. The molecular weight excluding hydrogens is 596 g/mol. The van der Waals surface area contributed by atoms with Gasteiger partial charge in [0, 0.05) is 41.9 Å². The number of sulfonamides is 1. The van der Waals surface area contributed by atoms with Gasteiger partial charge in [-0.25, -0.2) is 17.2 Å². The Balaban J connectivity index is 1.37. The highest BCUT2D eigenvalue weighted by atomic mass is 35.5. The second kappa shape index (κ2) is 13.5. The normalized spacial score (nSPS) is 15.2. The van der Waals surface area contributed by atoms with E-state index in [1.165, 1.54) is 24.3 Å². The summed E-state index contributed by atoms with van der Waals surface area (Å²) in [5.41, 5.74) is 0.414. The van der Waals surface area contributed by atoms with Crippen LogP contribution in [0.25, 0.3) is 0 Å². The van der Waals surface area contributed by atoms with Gasteiger partial charge < -0.3 is 9.64 Å². The van der Waals surface area contributed by atoms with Crippen LogP contribution in [-0.2, 0) is 16.6 Å². The van der Waals surface area contributed by atoms with Crippen molar-refractivity contribution >= 4 is 33.2 Å². The summed E-state index contributed by atoms with van der Waals surface area (Å²) in [5, 5.41) is 0.333. The van der Waals surface area contributed by atoms with Crippen LogP contribution in [0.3, 0.4) is 0 Å². The molecule has 5 rings (SSSR count). The molecule has 1 aliphatic heterocycles. The van der Waals surface area contributed by atoms with Crippen molar-refractivity contribution in [1.82, 2.24) is 9.88 Å². The van der Waals surface area contributed by atoms with Crippen molar-refractivity contribution in [2.45, 2.75) is 43.2 Å². The number of aromatic nitrogens is 1. The molecule has 11 heteroatoms. The standard InChI is InChI=1S/C32H30ClF2N3O4S/c33-24-11-14-27(15-12-24)43(40,41)38(30-21-25(34)13-16-28(30)35)22-23-7-1-2-10-31(23)42-20-17-26-8-4-6-19-37(26)32(39)29-9-3-5-18-36-29/h1-3,5,7,9-16,18,21,26H,4,6,8,17,19-20,22H2. The topological polar surface area (TPSA) is 79.8 Å². The van der Waals surface area contributed by atoms with Gasteiger partial charge >= 0.3 is 0 Å². The van der Waals surface area contributed by atoms with Gasteiger partial charge in [0.2, 0.25) is 0 Å². The summed E-state index contributed by atoms with van der Waals surface area (Å²) >= 11 is 5.96. The van der Waals surface area contributed by atoms with Crippen LogP contribution < -0.4 is 9.04 Å². The summed E-state index contributed by atoms with van der Waals surface area (Å²) in [7, 11) is -4.34. The first kappa shape index (κ1) is 30.4. The summed E-state index contributed by atoms with van der Waals surface area (Å²) in [4.78, 5) is 19.0. The van der Waals surface area contributed by atoms with Gasteiger partial charge in [0.05, 0.1) is 23.7 Å². The Hall–Kier alpha value is -4.02. The molecule has 1 aromatic heterocycles. The third-order valence-corrected chi connectivity index (χ3v) is 9.37. The van der Waals surface area contributed by atoms with Gasteiger partial charge in [-0.05, 0) is 73.9 Å². The van der Waals surface area contributed by atoms with Gasteiger partial charge in [-0.15, -0.1) is 0 Å². The second-order valence-electron chi connectivity index (χ2n) is 10.2. The predicted molar refractivity (Wildman–Crippen MR) is 161 cm³/mol. The lowest BCUT2D eigenvalue weighted by atomic mass is 9.99. The van der Waals surface area contributed by atoms with Crippen molar-refractivity contribution in [2.24, 2.45) is 0 Å². The molecule has 1 fully saturated rings. The molecule has 0 N–H and O–H groups in total. The number of rotatable bonds is 10. The number of pyridine rings is 1. The van der Waals surface area contributed by atoms with Crippen molar-refractivity contribution in [1.29, 1.82) is 0 Å². The van der Waals surface area contributed by atoms with Crippen LogP contribution in [0.1, 0.15) is 41.7 Å². The molecule has 0 saturated carbocycles. The number of nitrogens with zero attached hydrogens (tertiary/aromatic N) is 3. The molecule has 43 heavy (non-hydrogen) atoms. The molecule has 224 valence electrons. The first-order valence-corrected chi connectivity index (χ1v) is 15.7. The minimum Gasteiger partial charge on any atom is -0.493 e. The molecule has 1 unspecified atom stereocenters. The number of piperidine rings is 1. The molecule has 0 radical (unpaired) electrons. The van der Waals surface area contributed by atoms with E-state index in [0.29, 0.717) is 35.0 Å². The van der Waals surface area contributed by atoms with Crippen LogP contribution in [0.5, 0.6) is 5.75 Å². The quantitative estimate of drug-likeness (QED) is 0.192. The zero-order valence-electron chi connectivity index (χ0n) is 23.2. The van der Waals surface area contributed by atoms with Gasteiger partial charge in [0.15, 0.2) is 0 Å². The number of amides is 1. The van der Waals surface area contributed by atoms with E-state index < -0.39 is 27.3 Å². The molecule has 4 aromatic rings. The summed E-state index contributed by atoms with van der Waals surface area (Å²) in [6.45, 7) is 0.564. The van der Waals surface area contributed by atoms with Crippen molar-refractivity contribution < 1.29 is 26.7 Å². The highest BCUT2D eigenvalue weighted by molar-refractivity contribution is 7.92. The fourth-order valence-electron chi connectivity index (χ4n) is 5.15. The van der Waals surface area contributed by atoms with Crippen molar-refractivity contribution in [2.75, 3.05) is 17.5 Å². The molecule has 1 aliphatic rings. The Kier molecular flexibility index (Phi) is 9.57. The molecule has 2 heterocycles. The van der Waals surface area contributed by atoms with Crippen LogP contribution in [-0.4, -0.2) is 43.4 Å². The van der Waals surface area contributed by atoms with Gasteiger partial charge in [-0.1, -0.05) is 35.9 Å². The van der Waals surface area contributed by atoms with Crippen molar-refractivity contribution in [3.8, 4) is 5.75 Å².